The van der Waals surface area contributed by atoms with Crippen LogP contribution in [0.2, 0.25) is 0 Å². The van der Waals surface area contributed by atoms with Crippen molar-refractivity contribution in [2.75, 3.05) is 19.7 Å². The normalized spacial score (nSPS) is 21.7. The Morgan fingerprint density at radius 1 is 1.18 bits per heavy atom. The molecular formula is C18H32N2OS. The van der Waals surface area contributed by atoms with Gasteiger partial charge in [0.15, 0.2) is 0 Å². The third-order valence-electron chi connectivity index (χ3n) is 4.99. The van der Waals surface area contributed by atoms with Gasteiger partial charge in [0.1, 0.15) is 0 Å². The molecule has 0 bridgehead atoms. The van der Waals surface area contributed by atoms with Crippen molar-refractivity contribution in [1.82, 2.24) is 9.88 Å². The molecule has 0 unspecified atom stereocenters. The lowest BCUT2D eigenvalue weighted by molar-refractivity contribution is 0.121. The molecule has 1 aliphatic carbocycles. The summed E-state index contributed by atoms with van der Waals surface area (Å²) in [6, 6.07) is 0.879. The molecule has 3 rings (SSSR count). The number of likely N-dealkylation sites (tertiary alicyclic amines) is 1. The van der Waals surface area contributed by atoms with Gasteiger partial charge in [-0.15, -0.1) is 11.3 Å². The van der Waals surface area contributed by atoms with E-state index in [1.165, 1.54) is 63.0 Å². The largest absolute Gasteiger partial charge is 0.375 e. The third-order valence-corrected chi connectivity index (χ3v) is 6.05. The Bertz CT molecular complexity index is 420. The molecule has 1 saturated heterocycles. The summed E-state index contributed by atoms with van der Waals surface area (Å²) in [6.07, 6.45) is 9.78. The topological polar surface area (TPSA) is 25.4 Å². The first-order valence-electron chi connectivity index (χ1n) is 8.63. The quantitative estimate of drug-likeness (QED) is 0.776. The average molecular weight is 325 g/mol. The highest BCUT2D eigenvalue weighted by atomic mass is 32.1. The Hall–Kier alpha value is -0.450. The zero-order chi connectivity index (χ0) is 14.5. The highest BCUT2D eigenvalue weighted by molar-refractivity contribution is 7.09. The second-order valence-corrected chi connectivity index (χ2v) is 7.31. The molecule has 0 amide bonds. The molecule has 22 heavy (non-hydrogen) atoms. The number of piperidine rings is 1. The second kappa shape index (κ2) is 8.99. The Morgan fingerprint density at radius 2 is 1.91 bits per heavy atom. The first-order valence-corrected chi connectivity index (χ1v) is 9.51. The van der Waals surface area contributed by atoms with Crippen LogP contribution in [-0.2, 0) is 11.3 Å². The van der Waals surface area contributed by atoms with Crippen LogP contribution in [0.4, 0.5) is 0 Å². The number of aromatic nitrogens is 1. The molecule has 126 valence electrons. The summed E-state index contributed by atoms with van der Waals surface area (Å²) < 4.78 is 5.45. The molecule has 0 N–H and O–H groups in total. The van der Waals surface area contributed by atoms with Crippen LogP contribution in [-0.4, -0.2) is 35.6 Å². The monoisotopic (exact) mass is 324 g/mol. The van der Waals surface area contributed by atoms with Crippen molar-refractivity contribution in [2.45, 2.75) is 77.9 Å². The highest BCUT2D eigenvalue weighted by Gasteiger charge is 2.27. The van der Waals surface area contributed by atoms with E-state index in [9.17, 15) is 0 Å². The maximum absolute atomic E-state index is 5.45. The van der Waals surface area contributed by atoms with Gasteiger partial charge >= 0.3 is 0 Å². The SMILES string of the molecule is C.CCOCc1csc(C2CCN(C3CCCCC3)CC2)n1. The van der Waals surface area contributed by atoms with Crippen LogP contribution in [0, 0.1) is 0 Å². The van der Waals surface area contributed by atoms with Crippen molar-refractivity contribution in [1.29, 1.82) is 0 Å². The third kappa shape index (κ3) is 4.53. The molecule has 0 spiro atoms. The van der Waals surface area contributed by atoms with Crippen LogP contribution in [0.5, 0.6) is 0 Å². The summed E-state index contributed by atoms with van der Waals surface area (Å²) in [7, 11) is 0. The van der Waals surface area contributed by atoms with Crippen molar-refractivity contribution < 1.29 is 4.74 Å². The minimum atomic E-state index is 0. The molecule has 2 aliphatic rings. The first-order chi connectivity index (χ1) is 10.4. The van der Waals surface area contributed by atoms with E-state index >= 15 is 0 Å². The van der Waals surface area contributed by atoms with Gasteiger partial charge in [-0.2, -0.15) is 0 Å². The van der Waals surface area contributed by atoms with E-state index < -0.39 is 0 Å². The lowest BCUT2D eigenvalue weighted by Crippen LogP contribution is -2.41. The van der Waals surface area contributed by atoms with Crippen molar-refractivity contribution >= 4 is 11.3 Å². The number of thiazole rings is 1. The Balaban J connectivity index is 0.00000176. The van der Waals surface area contributed by atoms with Crippen molar-refractivity contribution in [3.05, 3.63) is 16.1 Å². The van der Waals surface area contributed by atoms with E-state index in [-0.39, 0.29) is 7.43 Å². The van der Waals surface area contributed by atoms with Crippen LogP contribution in [0.25, 0.3) is 0 Å². The van der Waals surface area contributed by atoms with Crippen LogP contribution < -0.4 is 0 Å². The van der Waals surface area contributed by atoms with Gasteiger partial charge in [0, 0.05) is 23.9 Å². The standard InChI is InChI=1S/C17H28N2OS.CH4/c1-2-20-12-15-13-21-17(18-15)14-8-10-19(11-9-14)16-6-4-3-5-7-16;/h13-14,16H,2-12H2,1H3;1H4. The Morgan fingerprint density at radius 3 is 2.59 bits per heavy atom. The van der Waals surface area contributed by atoms with Gasteiger partial charge in [-0.1, -0.05) is 26.7 Å². The van der Waals surface area contributed by atoms with Gasteiger partial charge in [0.05, 0.1) is 17.3 Å². The molecule has 2 heterocycles. The molecule has 1 aromatic rings. The lowest BCUT2D eigenvalue weighted by atomic mass is 9.90. The fraction of sp³-hybridized carbons (Fsp3) is 0.833. The predicted molar refractivity (Wildman–Crippen MR) is 94.6 cm³/mol. The minimum absolute atomic E-state index is 0. The summed E-state index contributed by atoms with van der Waals surface area (Å²) in [5.41, 5.74) is 1.12. The summed E-state index contributed by atoms with van der Waals surface area (Å²) in [5.74, 6) is 0.685. The zero-order valence-corrected chi connectivity index (χ0v) is 14.0. The van der Waals surface area contributed by atoms with E-state index in [1.807, 2.05) is 18.3 Å². The van der Waals surface area contributed by atoms with Gasteiger partial charge < -0.3 is 9.64 Å². The second-order valence-electron chi connectivity index (χ2n) is 6.42. The molecule has 1 saturated carbocycles. The fourth-order valence-corrected chi connectivity index (χ4v) is 4.72. The van der Waals surface area contributed by atoms with Crippen LogP contribution in [0.3, 0.4) is 0 Å². The Labute approximate surface area is 140 Å². The number of hydrogen-bond donors (Lipinski definition) is 0. The molecule has 1 aliphatic heterocycles. The molecule has 0 aromatic carbocycles. The molecule has 4 heteroatoms. The Kier molecular flexibility index (Phi) is 7.32. The van der Waals surface area contributed by atoms with E-state index in [4.69, 9.17) is 9.72 Å². The molecule has 0 radical (unpaired) electrons. The van der Waals surface area contributed by atoms with Crippen LogP contribution in [0.15, 0.2) is 5.38 Å². The maximum atomic E-state index is 5.45. The lowest BCUT2D eigenvalue weighted by Gasteiger charge is -2.38. The number of ether oxygens (including phenoxy) is 1. The molecular weight excluding hydrogens is 292 g/mol. The van der Waals surface area contributed by atoms with E-state index in [0.29, 0.717) is 12.5 Å². The summed E-state index contributed by atoms with van der Waals surface area (Å²) >= 11 is 1.83. The minimum Gasteiger partial charge on any atom is -0.375 e. The predicted octanol–water partition coefficient (Wildman–Crippen LogP) is 4.83. The van der Waals surface area contributed by atoms with Crippen LogP contribution in [0.1, 0.15) is 75.9 Å². The summed E-state index contributed by atoms with van der Waals surface area (Å²) in [5, 5.41) is 3.52. The van der Waals surface area contributed by atoms with Crippen LogP contribution >= 0.6 is 11.3 Å². The number of hydrogen-bond acceptors (Lipinski definition) is 4. The summed E-state index contributed by atoms with van der Waals surface area (Å²) in [4.78, 5) is 7.54. The molecule has 0 atom stereocenters. The van der Waals surface area contributed by atoms with Crippen molar-refractivity contribution in [3.8, 4) is 0 Å². The van der Waals surface area contributed by atoms with E-state index in [2.05, 4.69) is 10.3 Å². The average Bonchev–Trinajstić information content (AvgIpc) is 3.03. The molecule has 3 nitrogen and oxygen atoms in total. The highest BCUT2D eigenvalue weighted by Crippen LogP contribution is 2.33. The van der Waals surface area contributed by atoms with Crippen molar-refractivity contribution in [2.24, 2.45) is 0 Å². The number of rotatable bonds is 5. The first kappa shape index (κ1) is 17.9. The van der Waals surface area contributed by atoms with Gasteiger partial charge in [0.25, 0.3) is 0 Å². The van der Waals surface area contributed by atoms with E-state index in [0.717, 1.165) is 18.3 Å². The fourth-order valence-electron chi connectivity index (χ4n) is 3.74. The van der Waals surface area contributed by atoms with E-state index in [1.54, 1.807) is 0 Å². The molecule has 1 aromatic heterocycles. The molecule has 2 fully saturated rings. The van der Waals surface area contributed by atoms with Gasteiger partial charge in [-0.3, -0.25) is 0 Å². The van der Waals surface area contributed by atoms with Gasteiger partial charge in [0.2, 0.25) is 0 Å². The maximum Gasteiger partial charge on any atom is 0.0961 e. The summed E-state index contributed by atoms with van der Waals surface area (Å²) in [6.45, 7) is 6.03. The number of nitrogens with zero attached hydrogens (tertiary/aromatic N) is 2. The van der Waals surface area contributed by atoms with Gasteiger partial charge in [-0.05, 0) is 45.7 Å². The smallest absolute Gasteiger partial charge is 0.0961 e. The zero-order valence-electron chi connectivity index (χ0n) is 13.2. The van der Waals surface area contributed by atoms with Crippen molar-refractivity contribution in [3.63, 3.8) is 0 Å². The van der Waals surface area contributed by atoms with Gasteiger partial charge in [-0.25, -0.2) is 4.98 Å².